The number of carbonyl (C=O) groups excluding carboxylic acids is 2. The number of fused-ring (bicyclic) bond motifs is 1. The fraction of sp³-hybridized carbons (Fsp3) is 0.286. The third-order valence-electron chi connectivity index (χ3n) is 4.95. The van der Waals surface area contributed by atoms with Crippen molar-refractivity contribution in [1.29, 1.82) is 0 Å². The SMILES string of the molecule is CC(C)(C)c1ccc(C(=O)Nc2n[nH]c3c2CN(C(=O)c2ccoc2)C3)cc1. The Morgan fingerprint density at radius 3 is 2.50 bits per heavy atom. The molecule has 0 bridgehead atoms. The van der Waals surface area contributed by atoms with Gasteiger partial charge in [0.05, 0.1) is 30.6 Å². The minimum atomic E-state index is -0.227. The van der Waals surface area contributed by atoms with Crippen LogP contribution < -0.4 is 5.32 Å². The first kappa shape index (κ1) is 18.0. The Kier molecular flexibility index (Phi) is 4.30. The zero-order valence-electron chi connectivity index (χ0n) is 16.1. The number of aromatic amines is 1. The monoisotopic (exact) mass is 378 g/mol. The predicted molar refractivity (Wildman–Crippen MR) is 104 cm³/mol. The molecule has 28 heavy (non-hydrogen) atoms. The van der Waals surface area contributed by atoms with Crippen molar-refractivity contribution in [3.8, 4) is 0 Å². The van der Waals surface area contributed by atoms with Crippen LogP contribution in [0.4, 0.5) is 5.82 Å². The van der Waals surface area contributed by atoms with Gasteiger partial charge < -0.3 is 14.6 Å². The highest BCUT2D eigenvalue weighted by molar-refractivity contribution is 6.04. The van der Waals surface area contributed by atoms with Crippen molar-refractivity contribution >= 4 is 17.6 Å². The van der Waals surface area contributed by atoms with Gasteiger partial charge in [0.15, 0.2) is 5.82 Å². The largest absolute Gasteiger partial charge is 0.472 e. The second-order valence-corrected chi connectivity index (χ2v) is 7.98. The average Bonchev–Trinajstić information content (AvgIpc) is 3.39. The molecule has 0 fully saturated rings. The summed E-state index contributed by atoms with van der Waals surface area (Å²) in [4.78, 5) is 26.8. The summed E-state index contributed by atoms with van der Waals surface area (Å²) in [7, 11) is 0. The molecule has 3 aromatic rings. The summed E-state index contributed by atoms with van der Waals surface area (Å²) in [5, 5.41) is 9.98. The van der Waals surface area contributed by atoms with Gasteiger partial charge in [-0.05, 0) is 29.2 Å². The Labute approximate surface area is 162 Å². The van der Waals surface area contributed by atoms with Crippen molar-refractivity contribution in [2.45, 2.75) is 39.3 Å². The molecule has 0 saturated heterocycles. The number of carbonyl (C=O) groups is 2. The molecule has 1 aromatic carbocycles. The van der Waals surface area contributed by atoms with Crippen molar-refractivity contribution in [3.05, 3.63) is 70.8 Å². The highest BCUT2D eigenvalue weighted by Gasteiger charge is 2.30. The summed E-state index contributed by atoms with van der Waals surface area (Å²) in [5.41, 5.74) is 3.92. The average molecular weight is 378 g/mol. The number of anilines is 1. The van der Waals surface area contributed by atoms with Crippen LogP contribution in [0.5, 0.6) is 0 Å². The van der Waals surface area contributed by atoms with E-state index < -0.39 is 0 Å². The van der Waals surface area contributed by atoms with Crippen molar-refractivity contribution in [1.82, 2.24) is 15.1 Å². The van der Waals surface area contributed by atoms with Gasteiger partial charge in [0.2, 0.25) is 0 Å². The van der Waals surface area contributed by atoms with Crippen molar-refractivity contribution < 1.29 is 14.0 Å². The van der Waals surface area contributed by atoms with Crippen LogP contribution >= 0.6 is 0 Å². The van der Waals surface area contributed by atoms with Crippen LogP contribution in [0.25, 0.3) is 0 Å². The van der Waals surface area contributed by atoms with Crippen molar-refractivity contribution in [2.24, 2.45) is 0 Å². The molecule has 1 aliphatic heterocycles. The van der Waals surface area contributed by atoms with Crippen LogP contribution in [-0.4, -0.2) is 26.9 Å². The first-order valence-corrected chi connectivity index (χ1v) is 9.12. The lowest BCUT2D eigenvalue weighted by molar-refractivity contribution is 0.0749. The van der Waals surface area contributed by atoms with Gasteiger partial charge in [-0.3, -0.25) is 14.7 Å². The van der Waals surface area contributed by atoms with Gasteiger partial charge >= 0.3 is 0 Å². The maximum absolute atomic E-state index is 12.6. The quantitative estimate of drug-likeness (QED) is 0.727. The van der Waals surface area contributed by atoms with Crippen LogP contribution in [0.2, 0.25) is 0 Å². The highest BCUT2D eigenvalue weighted by Crippen LogP contribution is 2.29. The number of amides is 2. The van der Waals surface area contributed by atoms with Gasteiger partial charge in [0.1, 0.15) is 6.26 Å². The molecule has 0 spiro atoms. The smallest absolute Gasteiger partial charge is 0.257 e. The van der Waals surface area contributed by atoms with Gasteiger partial charge in [0, 0.05) is 11.1 Å². The van der Waals surface area contributed by atoms with E-state index >= 15 is 0 Å². The summed E-state index contributed by atoms with van der Waals surface area (Å²) in [6.07, 6.45) is 2.90. The molecule has 4 rings (SSSR count). The highest BCUT2D eigenvalue weighted by atomic mass is 16.3. The Balaban J connectivity index is 1.47. The third kappa shape index (κ3) is 3.31. The molecular weight excluding hydrogens is 356 g/mol. The molecule has 2 aromatic heterocycles. The third-order valence-corrected chi connectivity index (χ3v) is 4.95. The molecule has 0 unspecified atom stereocenters. The van der Waals surface area contributed by atoms with E-state index in [4.69, 9.17) is 4.42 Å². The number of aromatic nitrogens is 2. The molecule has 144 valence electrons. The second kappa shape index (κ2) is 6.67. The lowest BCUT2D eigenvalue weighted by Gasteiger charge is -2.19. The normalized spacial score (nSPS) is 13.5. The van der Waals surface area contributed by atoms with Gasteiger partial charge in [-0.15, -0.1) is 0 Å². The summed E-state index contributed by atoms with van der Waals surface area (Å²) in [5.74, 6) is 0.116. The van der Waals surface area contributed by atoms with E-state index in [2.05, 4.69) is 36.3 Å². The summed E-state index contributed by atoms with van der Waals surface area (Å²) in [6, 6.07) is 9.21. The van der Waals surface area contributed by atoms with Gasteiger partial charge in [-0.2, -0.15) is 5.10 Å². The number of furan rings is 1. The van der Waals surface area contributed by atoms with Gasteiger partial charge in [0.25, 0.3) is 11.8 Å². The molecule has 0 radical (unpaired) electrons. The van der Waals surface area contributed by atoms with E-state index in [1.807, 2.05) is 24.3 Å². The first-order chi connectivity index (χ1) is 13.3. The number of rotatable bonds is 3. The molecular formula is C21H22N4O3. The van der Waals surface area contributed by atoms with Gasteiger partial charge in [-0.1, -0.05) is 32.9 Å². The summed E-state index contributed by atoms with van der Waals surface area (Å²) in [6.45, 7) is 7.19. The van der Waals surface area contributed by atoms with E-state index in [1.54, 1.807) is 11.0 Å². The Bertz CT molecular complexity index is 1010. The molecule has 0 saturated carbocycles. The maximum Gasteiger partial charge on any atom is 0.257 e. The zero-order valence-corrected chi connectivity index (χ0v) is 16.1. The summed E-state index contributed by atoms with van der Waals surface area (Å²) < 4.78 is 4.98. The standard InChI is InChI=1S/C21H22N4O3/c1-21(2,3)15-6-4-13(5-7-15)19(26)22-18-16-10-25(11-17(16)23-24-18)20(27)14-8-9-28-12-14/h4-9,12H,10-11H2,1-3H3,(H2,22,23,24,26). The Morgan fingerprint density at radius 1 is 1.11 bits per heavy atom. The van der Waals surface area contributed by atoms with Crippen LogP contribution in [0.3, 0.4) is 0 Å². The maximum atomic E-state index is 12.6. The van der Waals surface area contributed by atoms with E-state index in [1.165, 1.54) is 12.5 Å². The number of hydrogen-bond acceptors (Lipinski definition) is 4. The predicted octanol–water partition coefficient (Wildman–Crippen LogP) is 3.71. The van der Waals surface area contributed by atoms with E-state index in [0.29, 0.717) is 30.0 Å². The Morgan fingerprint density at radius 2 is 1.86 bits per heavy atom. The van der Waals surface area contributed by atoms with E-state index in [9.17, 15) is 9.59 Å². The number of nitrogens with one attached hydrogen (secondary N) is 2. The minimum absolute atomic E-state index is 0.0308. The molecule has 0 aliphatic carbocycles. The van der Waals surface area contributed by atoms with Gasteiger partial charge in [-0.25, -0.2) is 0 Å². The topological polar surface area (TPSA) is 91.2 Å². The lowest BCUT2D eigenvalue weighted by atomic mass is 9.87. The van der Waals surface area contributed by atoms with E-state index in [0.717, 1.165) is 16.8 Å². The molecule has 0 atom stereocenters. The van der Waals surface area contributed by atoms with Crippen molar-refractivity contribution in [2.75, 3.05) is 5.32 Å². The van der Waals surface area contributed by atoms with E-state index in [-0.39, 0.29) is 17.2 Å². The molecule has 1 aliphatic rings. The molecule has 2 amide bonds. The lowest BCUT2D eigenvalue weighted by Crippen LogP contribution is -2.25. The molecule has 2 N–H and O–H groups in total. The van der Waals surface area contributed by atoms with Crippen LogP contribution in [0.1, 0.15) is 58.3 Å². The van der Waals surface area contributed by atoms with Crippen molar-refractivity contribution in [3.63, 3.8) is 0 Å². The number of nitrogens with zero attached hydrogens (tertiary/aromatic N) is 2. The zero-order chi connectivity index (χ0) is 19.9. The number of benzene rings is 1. The number of H-pyrrole nitrogens is 1. The minimum Gasteiger partial charge on any atom is -0.472 e. The number of hydrogen-bond donors (Lipinski definition) is 2. The summed E-state index contributed by atoms with van der Waals surface area (Å²) >= 11 is 0. The van der Waals surface area contributed by atoms with Crippen LogP contribution in [-0.2, 0) is 18.5 Å². The fourth-order valence-electron chi connectivity index (χ4n) is 3.26. The van der Waals surface area contributed by atoms with Crippen LogP contribution in [0, 0.1) is 0 Å². The molecule has 3 heterocycles. The molecule has 7 nitrogen and oxygen atoms in total. The second-order valence-electron chi connectivity index (χ2n) is 7.98. The Hall–Kier alpha value is -3.35. The first-order valence-electron chi connectivity index (χ1n) is 9.12. The van der Waals surface area contributed by atoms with Crippen LogP contribution in [0.15, 0.2) is 47.3 Å². The fourth-order valence-corrected chi connectivity index (χ4v) is 3.26. The molecule has 7 heteroatoms.